The van der Waals surface area contributed by atoms with Crippen LogP contribution < -0.4 is 5.32 Å². The zero-order chi connectivity index (χ0) is 20.7. The van der Waals surface area contributed by atoms with Crippen molar-refractivity contribution in [3.05, 3.63) is 71.6 Å². The highest BCUT2D eigenvalue weighted by Gasteiger charge is 2.41. The third-order valence-electron chi connectivity index (χ3n) is 5.90. The van der Waals surface area contributed by atoms with Crippen molar-refractivity contribution in [2.24, 2.45) is 11.8 Å². The van der Waals surface area contributed by atoms with E-state index in [9.17, 15) is 9.59 Å². The first-order valence-corrected chi connectivity index (χ1v) is 10.1. The lowest BCUT2D eigenvalue weighted by Crippen LogP contribution is -2.31. The van der Waals surface area contributed by atoms with Crippen molar-refractivity contribution >= 4 is 17.5 Å². The van der Waals surface area contributed by atoms with Crippen LogP contribution in [-0.2, 0) is 13.0 Å². The minimum Gasteiger partial charge on any atom is -0.337 e. The number of fused-ring (bicyclic) bond motifs is 2. The Bertz CT molecular complexity index is 1110. The number of pyridine rings is 1. The van der Waals surface area contributed by atoms with E-state index in [4.69, 9.17) is 0 Å². The predicted octanol–water partition coefficient (Wildman–Crippen LogP) is 2.18. The summed E-state index contributed by atoms with van der Waals surface area (Å²) in [6.07, 6.45) is 0.710. The Hall–Kier alpha value is -3.55. The molecule has 3 aromatic rings. The molecule has 8 heteroatoms. The van der Waals surface area contributed by atoms with Crippen molar-refractivity contribution in [1.29, 1.82) is 0 Å². The van der Waals surface area contributed by atoms with E-state index in [-0.39, 0.29) is 17.7 Å². The molecule has 2 amide bonds. The summed E-state index contributed by atoms with van der Waals surface area (Å²) in [7, 11) is 0. The van der Waals surface area contributed by atoms with Gasteiger partial charge in [0.15, 0.2) is 0 Å². The maximum atomic E-state index is 12.9. The molecular formula is C22H22N6O2. The second-order valence-corrected chi connectivity index (χ2v) is 7.97. The molecule has 0 aliphatic carbocycles. The Kier molecular flexibility index (Phi) is 4.54. The summed E-state index contributed by atoms with van der Waals surface area (Å²) in [5.41, 5.74) is 2.03. The number of carbonyl (C=O) groups excluding carboxylic acids is 2. The fraction of sp³-hybridized carbons (Fsp3) is 0.318. The summed E-state index contributed by atoms with van der Waals surface area (Å²) in [5.74, 6) is 1.40. The molecule has 2 atom stereocenters. The highest BCUT2D eigenvalue weighted by Crippen LogP contribution is 2.33. The average Bonchev–Trinajstić information content (AvgIpc) is 3.35. The van der Waals surface area contributed by atoms with E-state index in [0.717, 1.165) is 17.2 Å². The molecule has 1 saturated heterocycles. The molecule has 0 radical (unpaired) electrons. The molecule has 2 aliphatic heterocycles. The number of anilines is 1. The molecule has 0 saturated carbocycles. The standard InChI is InChI=1S/C22H22N6O2/c1-14-6-5-9-18(23-14)22(30)27-11-15-10-19-25-26-20(28(19)13-16(15)12-27)21(29)24-17-7-3-2-4-8-17/h2-9,15-16H,10-13H2,1H3,(H,24,29). The van der Waals surface area contributed by atoms with Gasteiger partial charge in [-0.25, -0.2) is 4.98 Å². The van der Waals surface area contributed by atoms with Gasteiger partial charge in [-0.3, -0.25) is 9.59 Å². The number of nitrogens with one attached hydrogen (secondary N) is 1. The van der Waals surface area contributed by atoms with Gasteiger partial charge in [-0.05, 0) is 43.0 Å². The van der Waals surface area contributed by atoms with Crippen LogP contribution in [0.1, 0.15) is 32.6 Å². The van der Waals surface area contributed by atoms with Crippen molar-refractivity contribution < 1.29 is 9.59 Å². The summed E-state index contributed by atoms with van der Waals surface area (Å²) in [6.45, 7) is 3.85. The van der Waals surface area contributed by atoms with Crippen LogP contribution in [0.2, 0.25) is 0 Å². The monoisotopic (exact) mass is 402 g/mol. The average molecular weight is 402 g/mol. The largest absolute Gasteiger partial charge is 0.337 e. The second-order valence-electron chi connectivity index (χ2n) is 7.97. The Morgan fingerprint density at radius 1 is 0.967 bits per heavy atom. The van der Waals surface area contributed by atoms with Gasteiger partial charge in [0.05, 0.1) is 0 Å². The van der Waals surface area contributed by atoms with Gasteiger partial charge < -0.3 is 14.8 Å². The van der Waals surface area contributed by atoms with Crippen molar-refractivity contribution in [2.45, 2.75) is 19.9 Å². The quantitative estimate of drug-likeness (QED) is 0.725. The van der Waals surface area contributed by atoms with Crippen LogP contribution in [-0.4, -0.2) is 49.6 Å². The van der Waals surface area contributed by atoms with Gasteiger partial charge in [-0.2, -0.15) is 0 Å². The van der Waals surface area contributed by atoms with Crippen LogP contribution in [0.4, 0.5) is 5.69 Å². The van der Waals surface area contributed by atoms with E-state index in [0.29, 0.717) is 43.5 Å². The number of para-hydroxylation sites is 1. The minimum atomic E-state index is -0.270. The molecule has 4 heterocycles. The van der Waals surface area contributed by atoms with Gasteiger partial charge in [-0.15, -0.1) is 10.2 Å². The Labute approximate surface area is 173 Å². The Morgan fingerprint density at radius 2 is 1.77 bits per heavy atom. The third-order valence-corrected chi connectivity index (χ3v) is 5.90. The SMILES string of the molecule is Cc1cccc(C(=O)N2CC3Cc4nnc(C(=O)Nc5ccccc5)n4CC3C2)n1. The number of hydrogen-bond acceptors (Lipinski definition) is 5. The van der Waals surface area contributed by atoms with E-state index in [1.54, 1.807) is 6.07 Å². The van der Waals surface area contributed by atoms with Crippen molar-refractivity contribution in [1.82, 2.24) is 24.6 Å². The van der Waals surface area contributed by atoms with Gasteiger partial charge in [-0.1, -0.05) is 24.3 Å². The van der Waals surface area contributed by atoms with E-state index < -0.39 is 0 Å². The molecule has 1 fully saturated rings. The van der Waals surface area contributed by atoms with Gasteiger partial charge in [0.2, 0.25) is 5.82 Å². The molecule has 2 unspecified atom stereocenters. The summed E-state index contributed by atoms with van der Waals surface area (Å²) in [5, 5.41) is 11.3. The highest BCUT2D eigenvalue weighted by molar-refractivity contribution is 6.01. The zero-order valence-corrected chi connectivity index (χ0v) is 16.7. The maximum Gasteiger partial charge on any atom is 0.293 e. The van der Waals surface area contributed by atoms with E-state index in [1.165, 1.54) is 0 Å². The molecule has 0 spiro atoms. The first-order valence-electron chi connectivity index (χ1n) is 10.1. The number of carbonyl (C=O) groups is 2. The lowest BCUT2D eigenvalue weighted by atomic mass is 9.89. The number of likely N-dealkylation sites (tertiary alicyclic amines) is 1. The van der Waals surface area contributed by atoms with E-state index >= 15 is 0 Å². The molecule has 0 bridgehead atoms. The summed E-state index contributed by atoms with van der Waals surface area (Å²) < 4.78 is 1.90. The van der Waals surface area contributed by atoms with Crippen LogP contribution in [0, 0.1) is 18.8 Å². The molecule has 8 nitrogen and oxygen atoms in total. The number of hydrogen-bond donors (Lipinski definition) is 1. The third kappa shape index (κ3) is 3.34. The number of amides is 2. The zero-order valence-electron chi connectivity index (χ0n) is 16.7. The van der Waals surface area contributed by atoms with Crippen molar-refractivity contribution in [3.63, 3.8) is 0 Å². The molecule has 152 valence electrons. The van der Waals surface area contributed by atoms with Crippen LogP contribution in [0.5, 0.6) is 0 Å². The van der Waals surface area contributed by atoms with Crippen molar-refractivity contribution in [3.8, 4) is 0 Å². The molecule has 2 aliphatic rings. The summed E-state index contributed by atoms with van der Waals surface area (Å²) >= 11 is 0. The first-order chi connectivity index (χ1) is 14.6. The number of nitrogens with zero attached hydrogens (tertiary/aromatic N) is 5. The van der Waals surface area contributed by atoms with Gasteiger partial charge in [0.25, 0.3) is 11.8 Å². The van der Waals surface area contributed by atoms with Crippen LogP contribution in [0.25, 0.3) is 0 Å². The van der Waals surface area contributed by atoms with Crippen LogP contribution in [0.3, 0.4) is 0 Å². The number of benzene rings is 1. The molecule has 1 N–H and O–H groups in total. The highest BCUT2D eigenvalue weighted by atomic mass is 16.2. The first kappa shape index (κ1) is 18.5. The molecule has 1 aromatic carbocycles. The molecule has 30 heavy (non-hydrogen) atoms. The minimum absolute atomic E-state index is 0.0362. The number of rotatable bonds is 3. The maximum absolute atomic E-state index is 12.9. The lowest BCUT2D eigenvalue weighted by molar-refractivity contribution is 0.0777. The molecule has 2 aromatic heterocycles. The molecular weight excluding hydrogens is 380 g/mol. The van der Waals surface area contributed by atoms with Gasteiger partial charge >= 0.3 is 0 Å². The normalized spacial score (nSPS) is 19.8. The fourth-order valence-electron chi connectivity index (χ4n) is 4.39. The topological polar surface area (TPSA) is 93.0 Å². The Balaban J connectivity index is 1.31. The summed E-state index contributed by atoms with van der Waals surface area (Å²) in [6, 6.07) is 14.8. The fourth-order valence-corrected chi connectivity index (χ4v) is 4.39. The number of aryl methyl sites for hydroxylation is 1. The van der Waals surface area contributed by atoms with E-state index in [2.05, 4.69) is 20.5 Å². The summed E-state index contributed by atoms with van der Waals surface area (Å²) in [4.78, 5) is 31.9. The van der Waals surface area contributed by atoms with Gasteiger partial charge in [0, 0.05) is 37.4 Å². The van der Waals surface area contributed by atoms with Gasteiger partial charge in [0.1, 0.15) is 11.5 Å². The Morgan fingerprint density at radius 3 is 2.57 bits per heavy atom. The van der Waals surface area contributed by atoms with Crippen molar-refractivity contribution in [2.75, 3.05) is 18.4 Å². The van der Waals surface area contributed by atoms with Crippen LogP contribution in [0.15, 0.2) is 48.5 Å². The molecule has 5 rings (SSSR count). The van der Waals surface area contributed by atoms with Crippen LogP contribution >= 0.6 is 0 Å². The number of aromatic nitrogens is 4. The lowest BCUT2D eigenvalue weighted by Gasteiger charge is -2.25. The predicted molar refractivity (Wildman–Crippen MR) is 110 cm³/mol. The smallest absolute Gasteiger partial charge is 0.293 e. The van der Waals surface area contributed by atoms with E-state index in [1.807, 2.05) is 58.9 Å². The second kappa shape index (κ2) is 7.37.